The number of nitrogens with zero attached hydrogens (tertiary/aromatic N) is 2. The Bertz CT molecular complexity index is 1280. The predicted molar refractivity (Wildman–Crippen MR) is 171 cm³/mol. The quantitative estimate of drug-likeness (QED) is 0.223. The van der Waals surface area contributed by atoms with Crippen LogP contribution in [0, 0.1) is 12.3 Å². The van der Waals surface area contributed by atoms with Gasteiger partial charge < -0.3 is 24.1 Å². The number of carbonyl (C=O) groups excluding carboxylic acids is 2. The predicted octanol–water partition coefficient (Wildman–Crippen LogP) is 4.91. The zero-order chi connectivity index (χ0) is 31.5. The minimum Gasteiger partial charge on any atom is -0.512 e. The van der Waals surface area contributed by atoms with Crippen molar-refractivity contribution in [3.05, 3.63) is 59.4 Å². The van der Waals surface area contributed by atoms with E-state index < -0.39 is 0 Å². The molecule has 0 saturated carbocycles. The Morgan fingerprint density at radius 2 is 1.50 bits per heavy atom. The van der Waals surface area contributed by atoms with E-state index in [9.17, 15) is 14.7 Å². The van der Waals surface area contributed by atoms with Crippen molar-refractivity contribution in [2.75, 3.05) is 78.9 Å². The van der Waals surface area contributed by atoms with Crippen LogP contribution in [0.3, 0.4) is 0 Å². The van der Waals surface area contributed by atoms with Gasteiger partial charge in [-0.15, -0.1) is 0 Å². The molecule has 1 aliphatic heterocycles. The third-order valence-corrected chi connectivity index (χ3v) is 8.14. The van der Waals surface area contributed by atoms with E-state index >= 15 is 0 Å². The molecular weight excluding hydrogens is 560 g/mol. The maximum Gasteiger partial charge on any atom is 0.332 e. The number of ketones is 1. The van der Waals surface area contributed by atoms with Crippen molar-refractivity contribution in [2.45, 2.75) is 40.5 Å². The number of hydrogen-bond acceptors (Lipinski definition) is 9. The molecule has 1 fully saturated rings. The van der Waals surface area contributed by atoms with Gasteiger partial charge in [0.1, 0.15) is 24.7 Å². The van der Waals surface area contributed by atoms with Gasteiger partial charge in [-0.05, 0) is 59.7 Å². The second kappa shape index (κ2) is 16.2. The summed E-state index contributed by atoms with van der Waals surface area (Å²) >= 11 is 0. The molecule has 9 heteroatoms. The van der Waals surface area contributed by atoms with Gasteiger partial charge >= 0.3 is 5.97 Å². The minimum absolute atomic E-state index is 0.00102. The maximum absolute atomic E-state index is 12.9. The van der Waals surface area contributed by atoms with Gasteiger partial charge in [0.05, 0.1) is 32.0 Å². The monoisotopic (exact) mass is 608 g/mol. The van der Waals surface area contributed by atoms with Crippen LogP contribution in [-0.4, -0.2) is 106 Å². The molecule has 1 N–H and O–H groups in total. The molecule has 1 aliphatic carbocycles. The molecule has 2 aromatic carbocycles. The van der Waals surface area contributed by atoms with Crippen LogP contribution in [0.2, 0.25) is 0 Å². The first-order valence-electron chi connectivity index (χ1n) is 15.7. The number of aliphatic hydroxyl groups is 1. The second-order valence-corrected chi connectivity index (χ2v) is 12.3. The molecule has 0 atom stereocenters. The molecule has 0 aromatic heterocycles. The molecule has 0 radical (unpaired) electrons. The summed E-state index contributed by atoms with van der Waals surface area (Å²) in [6.45, 7) is 16.0. The maximum atomic E-state index is 12.9. The largest absolute Gasteiger partial charge is 0.512 e. The summed E-state index contributed by atoms with van der Waals surface area (Å²) in [6.07, 6.45) is 0.934. The van der Waals surface area contributed by atoms with Gasteiger partial charge in [0, 0.05) is 52.1 Å². The van der Waals surface area contributed by atoms with Crippen molar-refractivity contribution in [2.24, 2.45) is 5.41 Å². The van der Waals surface area contributed by atoms with Gasteiger partial charge in [0.25, 0.3) is 0 Å². The number of ether oxygens (including phenoxy) is 4. The number of aryl methyl sites for hydroxylation is 1. The lowest BCUT2D eigenvalue weighted by atomic mass is 9.74. The molecule has 2 aliphatic rings. The Labute approximate surface area is 261 Å². The van der Waals surface area contributed by atoms with Crippen LogP contribution in [0.25, 0.3) is 16.7 Å². The number of rotatable bonds is 15. The van der Waals surface area contributed by atoms with Crippen molar-refractivity contribution in [1.82, 2.24) is 9.80 Å². The number of piperazine rings is 1. The van der Waals surface area contributed by atoms with Crippen LogP contribution in [0.5, 0.6) is 5.75 Å². The molecule has 0 unspecified atom stereocenters. The second-order valence-electron chi connectivity index (χ2n) is 12.3. The average Bonchev–Trinajstić information content (AvgIpc) is 2.98. The Morgan fingerprint density at radius 1 is 0.864 bits per heavy atom. The zero-order valence-corrected chi connectivity index (χ0v) is 26.7. The lowest BCUT2D eigenvalue weighted by Gasteiger charge is -2.34. The third kappa shape index (κ3) is 9.89. The van der Waals surface area contributed by atoms with Gasteiger partial charge in [-0.2, -0.15) is 0 Å². The van der Waals surface area contributed by atoms with Gasteiger partial charge in [-0.25, -0.2) is 4.79 Å². The smallest absolute Gasteiger partial charge is 0.332 e. The molecule has 0 bridgehead atoms. The van der Waals surface area contributed by atoms with Crippen molar-refractivity contribution in [1.29, 1.82) is 0 Å². The zero-order valence-electron chi connectivity index (χ0n) is 26.7. The number of allylic oxidation sites excluding steroid dienone is 2. The third-order valence-electron chi connectivity index (χ3n) is 8.14. The fourth-order valence-corrected chi connectivity index (χ4v) is 5.71. The summed E-state index contributed by atoms with van der Waals surface area (Å²) < 4.78 is 22.0. The van der Waals surface area contributed by atoms with Crippen molar-refractivity contribution in [3.63, 3.8) is 0 Å². The van der Waals surface area contributed by atoms with E-state index in [1.54, 1.807) is 6.92 Å². The van der Waals surface area contributed by atoms with E-state index in [0.29, 0.717) is 51.4 Å². The van der Waals surface area contributed by atoms with Crippen LogP contribution in [-0.2, 0) is 23.8 Å². The Balaban J connectivity index is 1.14. The summed E-state index contributed by atoms with van der Waals surface area (Å²) in [7, 11) is 0. The Morgan fingerprint density at radius 3 is 2.14 bits per heavy atom. The van der Waals surface area contributed by atoms with Gasteiger partial charge in [0.15, 0.2) is 5.78 Å². The molecule has 1 saturated heterocycles. The number of benzene rings is 2. The average molecular weight is 609 g/mol. The minimum atomic E-state index is -0.312. The molecule has 2 aromatic rings. The standard InChI is InChI=1S/C35H48N2O7/c1-5-43-33(40)25-42-19-17-37-14-12-36(13-15-37)16-18-41-20-21-44-29-10-8-27(9-11-29)28-7-6-26(2)30(22-28)34-31(38)23-35(3,4)24-32(34)39/h6-11,22,38H,5,12-21,23-25H2,1-4H3. The summed E-state index contributed by atoms with van der Waals surface area (Å²) in [6, 6.07) is 14.0. The normalized spacial score (nSPS) is 17.6. The van der Waals surface area contributed by atoms with Crippen LogP contribution in [0.15, 0.2) is 48.2 Å². The van der Waals surface area contributed by atoms with E-state index in [2.05, 4.69) is 9.80 Å². The van der Waals surface area contributed by atoms with Gasteiger partial charge in [-0.1, -0.05) is 38.1 Å². The van der Waals surface area contributed by atoms with Gasteiger partial charge in [0.2, 0.25) is 0 Å². The first-order valence-corrected chi connectivity index (χ1v) is 15.7. The van der Waals surface area contributed by atoms with E-state index in [1.807, 2.05) is 63.2 Å². The van der Waals surface area contributed by atoms with Crippen LogP contribution in [0.4, 0.5) is 0 Å². The Hall–Kier alpha value is -3.24. The van der Waals surface area contributed by atoms with Crippen molar-refractivity contribution in [3.8, 4) is 16.9 Å². The molecule has 0 spiro atoms. The van der Waals surface area contributed by atoms with E-state index in [1.165, 1.54) is 0 Å². The summed E-state index contributed by atoms with van der Waals surface area (Å²) in [5.74, 6) is 0.649. The summed E-state index contributed by atoms with van der Waals surface area (Å²) in [5.41, 5.74) is 4.01. The van der Waals surface area contributed by atoms with Crippen molar-refractivity contribution >= 4 is 17.3 Å². The highest BCUT2D eigenvalue weighted by Crippen LogP contribution is 2.40. The number of esters is 1. The fourth-order valence-electron chi connectivity index (χ4n) is 5.71. The number of Topliss-reactive ketones (excluding diaryl/α,β-unsaturated/α-hetero) is 1. The lowest BCUT2D eigenvalue weighted by Crippen LogP contribution is -2.48. The van der Waals surface area contributed by atoms with Crippen LogP contribution >= 0.6 is 0 Å². The highest BCUT2D eigenvalue weighted by atomic mass is 16.6. The summed E-state index contributed by atoms with van der Waals surface area (Å²) in [4.78, 5) is 29.0. The molecule has 9 nitrogen and oxygen atoms in total. The van der Waals surface area contributed by atoms with E-state index in [-0.39, 0.29) is 29.5 Å². The molecule has 1 heterocycles. The van der Waals surface area contributed by atoms with Crippen molar-refractivity contribution < 1.29 is 33.6 Å². The first-order chi connectivity index (χ1) is 21.1. The molecule has 4 rings (SSSR count). The number of aliphatic hydroxyl groups excluding tert-OH is 1. The fraction of sp³-hybridized carbons (Fsp3) is 0.543. The Kier molecular flexibility index (Phi) is 12.4. The van der Waals surface area contributed by atoms with E-state index in [4.69, 9.17) is 18.9 Å². The topological polar surface area (TPSA) is 97.8 Å². The highest BCUT2D eigenvalue weighted by molar-refractivity contribution is 6.22. The molecule has 0 amide bonds. The van der Waals surface area contributed by atoms with Crippen LogP contribution in [0.1, 0.15) is 44.7 Å². The van der Waals surface area contributed by atoms with E-state index in [0.717, 1.165) is 67.3 Å². The van der Waals surface area contributed by atoms with Crippen LogP contribution < -0.4 is 4.74 Å². The number of hydrogen-bond donors (Lipinski definition) is 1. The molecular formula is C35H48N2O7. The first kappa shape index (κ1) is 33.6. The van der Waals surface area contributed by atoms with Gasteiger partial charge in [-0.3, -0.25) is 14.6 Å². The number of carbonyl (C=O) groups is 2. The molecule has 240 valence electrons. The molecule has 44 heavy (non-hydrogen) atoms. The highest BCUT2D eigenvalue weighted by Gasteiger charge is 2.34. The summed E-state index contributed by atoms with van der Waals surface area (Å²) in [5, 5.41) is 10.7. The SMILES string of the molecule is CCOC(=O)COCCN1CCN(CCOCCOc2ccc(-c3ccc(C)c(C4=C(O)CC(C)(C)CC4=O)c3)cc2)CC1. The lowest BCUT2D eigenvalue weighted by molar-refractivity contribution is -0.148.